The minimum Gasteiger partial charge on any atom is -0.324 e. The largest absolute Gasteiger partial charge is 0.324 e. The zero-order chi connectivity index (χ0) is 18.0. The summed E-state index contributed by atoms with van der Waals surface area (Å²) < 4.78 is 47.9. The van der Waals surface area contributed by atoms with Crippen molar-refractivity contribution >= 4 is 31.5 Å². The molecule has 1 aromatic carbocycles. The maximum absolute atomic E-state index is 12.2. The van der Waals surface area contributed by atoms with Crippen molar-refractivity contribution in [3.8, 4) is 6.07 Å². The summed E-state index contributed by atoms with van der Waals surface area (Å²) in [5.41, 5.74) is 0.526. The van der Waals surface area contributed by atoms with Gasteiger partial charge in [-0.05, 0) is 18.6 Å². The summed E-state index contributed by atoms with van der Waals surface area (Å²) >= 11 is 0. The first kappa shape index (κ1) is 18.4. The Kier molecular flexibility index (Phi) is 5.27. The number of amides is 1. The fourth-order valence-electron chi connectivity index (χ4n) is 2.54. The van der Waals surface area contributed by atoms with Crippen LogP contribution in [-0.2, 0) is 24.7 Å². The van der Waals surface area contributed by atoms with Crippen LogP contribution < -0.4 is 5.32 Å². The molecule has 130 valence electrons. The van der Waals surface area contributed by atoms with Crippen molar-refractivity contribution < 1.29 is 21.6 Å². The molecule has 1 aliphatic rings. The van der Waals surface area contributed by atoms with Crippen LogP contribution in [0.1, 0.15) is 12.0 Å². The van der Waals surface area contributed by atoms with E-state index in [0.29, 0.717) is 0 Å². The number of nitrogens with one attached hydrogen (secondary N) is 1. The third-order valence-corrected chi connectivity index (χ3v) is 6.69. The van der Waals surface area contributed by atoms with Gasteiger partial charge in [0, 0.05) is 6.04 Å². The molecule has 0 saturated carbocycles. The van der Waals surface area contributed by atoms with E-state index in [1.165, 1.54) is 12.1 Å². The second-order valence-corrected chi connectivity index (χ2v) is 9.73. The highest BCUT2D eigenvalue weighted by atomic mass is 32.2. The Morgan fingerprint density at radius 1 is 1.42 bits per heavy atom. The van der Waals surface area contributed by atoms with Crippen molar-refractivity contribution in [1.29, 1.82) is 5.26 Å². The van der Waals surface area contributed by atoms with Gasteiger partial charge in [0.05, 0.1) is 35.6 Å². The highest BCUT2D eigenvalue weighted by molar-refractivity contribution is 7.92. The van der Waals surface area contributed by atoms with Gasteiger partial charge < -0.3 is 5.32 Å². The third kappa shape index (κ3) is 4.53. The van der Waals surface area contributed by atoms with Crippen LogP contribution in [0.25, 0.3) is 0 Å². The molecule has 24 heavy (non-hydrogen) atoms. The summed E-state index contributed by atoms with van der Waals surface area (Å²) in [4.78, 5) is 12.2. The Morgan fingerprint density at radius 2 is 2.08 bits per heavy atom. The van der Waals surface area contributed by atoms with E-state index in [1.54, 1.807) is 12.1 Å². The first-order valence-electron chi connectivity index (χ1n) is 7.08. The number of benzene rings is 1. The van der Waals surface area contributed by atoms with Gasteiger partial charge >= 0.3 is 0 Å². The van der Waals surface area contributed by atoms with Gasteiger partial charge in [0.2, 0.25) is 15.9 Å². The lowest BCUT2D eigenvalue weighted by Gasteiger charge is -2.25. The van der Waals surface area contributed by atoms with E-state index in [2.05, 4.69) is 5.32 Å². The molecule has 10 heteroatoms. The Morgan fingerprint density at radius 3 is 2.62 bits per heavy atom. The Bertz CT molecular complexity index is 887. The molecule has 1 fully saturated rings. The van der Waals surface area contributed by atoms with E-state index >= 15 is 0 Å². The van der Waals surface area contributed by atoms with Crippen molar-refractivity contribution in [2.45, 2.75) is 12.5 Å². The van der Waals surface area contributed by atoms with Crippen molar-refractivity contribution in [3.05, 3.63) is 29.8 Å². The maximum Gasteiger partial charge on any atom is 0.239 e. The number of nitrogens with zero attached hydrogens (tertiary/aromatic N) is 2. The van der Waals surface area contributed by atoms with Crippen LogP contribution in [0.4, 0.5) is 5.69 Å². The Hall–Kier alpha value is -1.96. The molecule has 1 amide bonds. The first-order chi connectivity index (χ1) is 11.1. The zero-order valence-corrected chi connectivity index (χ0v) is 14.6. The quantitative estimate of drug-likeness (QED) is 0.773. The molecule has 1 heterocycles. The fourth-order valence-corrected chi connectivity index (χ4v) is 5.44. The van der Waals surface area contributed by atoms with Gasteiger partial charge in [-0.25, -0.2) is 16.8 Å². The van der Waals surface area contributed by atoms with Crippen molar-refractivity contribution in [1.82, 2.24) is 4.31 Å². The number of nitriles is 1. The SMILES string of the molecule is CS(=O)(=O)N(CC(=O)Nc1ccccc1C#N)C1CCS(=O)(=O)C1. The third-order valence-electron chi connectivity index (χ3n) is 3.66. The van der Waals surface area contributed by atoms with Crippen molar-refractivity contribution in [3.63, 3.8) is 0 Å². The second kappa shape index (κ2) is 6.88. The van der Waals surface area contributed by atoms with Crippen LogP contribution >= 0.6 is 0 Å². The van der Waals surface area contributed by atoms with Gasteiger partial charge in [-0.1, -0.05) is 12.1 Å². The zero-order valence-electron chi connectivity index (χ0n) is 13.0. The highest BCUT2D eigenvalue weighted by Gasteiger charge is 2.37. The number of para-hydroxylation sites is 1. The van der Waals surface area contributed by atoms with E-state index in [9.17, 15) is 21.6 Å². The molecule has 2 rings (SSSR count). The van der Waals surface area contributed by atoms with Crippen molar-refractivity contribution in [2.75, 3.05) is 29.6 Å². The maximum atomic E-state index is 12.2. The van der Waals surface area contributed by atoms with Gasteiger partial charge in [0.15, 0.2) is 9.84 Å². The molecular weight excluding hydrogens is 354 g/mol. The number of sulfone groups is 1. The molecule has 0 radical (unpaired) electrons. The molecule has 1 aliphatic heterocycles. The van der Waals surface area contributed by atoms with Crippen molar-refractivity contribution in [2.24, 2.45) is 0 Å². The monoisotopic (exact) mass is 371 g/mol. The standard InChI is InChI=1S/C14H17N3O5S2/c1-23(19,20)17(12-6-7-24(21,22)10-12)9-14(18)16-13-5-3-2-4-11(13)8-15/h2-5,12H,6-7,9-10H2,1H3,(H,16,18). The molecule has 1 saturated heterocycles. The van der Waals surface area contributed by atoms with Gasteiger partial charge in [0.1, 0.15) is 6.07 Å². The number of sulfonamides is 1. The predicted octanol–water partition coefficient (Wildman–Crippen LogP) is -0.0545. The molecule has 1 atom stereocenters. The minimum absolute atomic E-state index is 0.0947. The molecule has 0 aliphatic carbocycles. The minimum atomic E-state index is -3.76. The number of hydrogen-bond acceptors (Lipinski definition) is 6. The molecule has 0 bridgehead atoms. The second-order valence-electron chi connectivity index (χ2n) is 5.57. The van der Waals surface area contributed by atoms with Gasteiger partial charge in [-0.2, -0.15) is 9.57 Å². The number of anilines is 1. The predicted molar refractivity (Wildman–Crippen MR) is 88.4 cm³/mol. The summed E-state index contributed by atoms with van der Waals surface area (Å²) in [7, 11) is -7.05. The normalized spacial score (nSPS) is 19.8. The van der Waals surface area contributed by atoms with Gasteiger partial charge in [0.25, 0.3) is 0 Å². The van der Waals surface area contributed by atoms with Crippen LogP contribution in [-0.4, -0.2) is 57.4 Å². The first-order valence-corrected chi connectivity index (χ1v) is 10.8. The van der Waals surface area contributed by atoms with Crippen LogP contribution in [0.2, 0.25) is 0 Å². The molecule has 0 spiro atoms. The van der Waals surface area contributed by atoms with Crippen LogP contribution in [0, 0.1) is 11.3 Å². The lowest BCUT2D eigenvalue weighted by molar-refractivity contribution is -0.116. The molecular formula is C14H17N3O5S2. The lowest BCUT2D eigenvalue weighted by atomic mass is 10.2. The van der Waals surface area contributed by atoms with E-state index in [4.69, 9.17) is 5.26 Å². The number of carbonyl (C=O) groups excluding carboxylic acids is 1. The van der Waals surface area contributed by atoms with Gasteiger partial charge in [-0.15, -0.1) is 0 Å². The number of rotatable bonds is 5. The van der Waals surface area contributed by atoms with Gasteiger partial charge in [-0.3, -0.25) is 4.79 Å². The summed E-state index contributed by atoms with van der Waals surface area (Å²) in [6.07, 6.45) is 1.10. The molecule has 1 N–H and O–H groups in total. The summed E-state index contributed by atoms with van der Waals surface area (Å²) in [5, 5.41) is 11.5. The summed E-state index contributed by atoms with van der Waals surface area (Å²) in [6.45, 7) is -0.501. The topological polar surface area (TPSA) is 124 Å². The summed E-state index contributed by atoms with van der Waals surface area (Å²) in [5.74, 6) is -1.02. The van der Waals surface area contributed by atoms with E-state index in [0.717, 1.165) is 10.6 Å². The Balaban J connectivity index is 2.16. The highest BCUT2D eigenvalue weighted by Crippen LogP contribution is 2.20. The molecule has 1 unspecified atom stereocenters. The Labute approximate surface area is 141 Å². The van der Waals surface area contributed by atoms with E-state index < -0.39 is 38.4 Å². The summed E-state index contributed by atoms with van der Waals surface area (Å²) in [6, 6.07) is 7.50. The van der Waals surface area contributed by atoms with Crippen LogP contribution in [0.3, 0.4) is 0 Å². The molecule has 8 nitrogen and oxygen atoms in total. The molecule has 1 aromatic rings. The lowest BCUT2D eigenvalue weighted by Crippen LogP contribution is -2.44. The smallest absolute Gasteiger partial charge is 0.239 e. The van der Waals surface area contributed by atoms with E-state index in [-0.39, 0.29) is 29.2 Å². The van der Waals surface area contributed by atoms with E-state index in [1.807, 2.05) is 6.07 Å². The molecule has 0 aromatic heterocycles. The average Bonchev–Trinajstić information content (AvgIpc) is 2.84. The number of hydrogen-bond donors (Lipinski definition) is 1. The number of carbonyl (C=O) groups is 1. The fraction of sp³-hybridized carbons (Fsp3) is 0.429. The van der Waals surface area contributed by atoms with Crippen LogP contribution in [0.15, 0.2) is 24.3 Å². The van der Waals surface area contributed by atoms with Crippen LogP contribution in [0.5, 0.6) is 0 Å². The average molecular weight is 371 g/mol.